The van der Waals surface area contributed by atoms with E-state index in [9.17, 15) is 18.0 Å². The Morgan fingerprint density at radius 1 is 1.15 bits per heavy atom. The molecule has 0 unspecified atom stereocenters. The van der Waals surface area contributed by atoms with Crippen LogP contribution >= 0.6 is 0 Å². The lowest BCUT2D eigenvalue weighted by Gasteiger charge is -2.21. The number of benzene rings is 2. The van der Waals surface area contributed by atoms with Crippen LogP contribution in [0.15, 0.2) is 42.5 Å². The number of amides is 2. The molecule has 1 atom stereocenters. The molecule has 2 aromatic rings. The fourth-order valence-electron chi connectivity index (χ4n) is 3.19. The molecule has 0 radical (unpaired) electrons. The maximum absolute atomic E-state index is 12.7. The van der Waals surface area contributed by atoms with Gasteiger partial charge >= 0.3 is 0 Å². The molecule has 6 nitrogen and oxygen atoms in total. The summed E-state index contributed by atoms with van der Waals surface area (Å²) in [6.07, 6.45) is 0.429. The fourth-order valence-corrected chi connectivity index (χ4v) is 4.86. The maximum atomic E-state index is 12.7. The average Bonchev–Trinajstić information content (AvgIpc) is 2.97. The van der Waals surface area contributed by atoms with E-state index in [1.165, 1.54) is 4.90 Å². The summed E-state index contributed by atoms with van der Waals surface area (Å²) in [5.74, 6) is -0.467. The highest BCUT2D eigenvalue weighted by molar-refractivity contribution is 7.91. The first kappa shape index (κ1) is 18.4. The minimum Gasteiger partial charge on any atom is -0.351 e. The van der Waals surface area contributed by atoms with Crippen molar-refractivity contribution in [1.29, 1.82) is 0 Å². The number of likely N-dealkylation sites (N-methyl/N-ethyl adjacent to an activating group) is 1. The van der Waals surface area contributed by atoms with Crippen LogP contribution in [0.5, 0.6) is 0 Å². The standard InChI is InChI=1S/C19H22N2O4S/c1-2-21(12-18(22)20-17-9-10-26(24,25)13-17)19(23)16-8-7-14-5-3-4-6-15(14)11-16/h3-8,11,17H,2,9-10,12-13H2,1H3,(H,20,22)/t17-/m0/s1. The van der Waals surface area contributed by atoms with Gasteiger partial charge < -0.3 is 10.2 Å². The molecule has 138 valence electrons. The van der Waals surface area contributed by atoms with Crippen molar-refractivity contribution >= 4 is 32.4 Å². The Morgan fingerprint density at radius 3 is 2.54 bits per heavy atom. The highest BCUT2D eigenvalue weighted by atomic mass is 32.2. The molecule has 3 rings (SSSR count). The second kappa shape index (κ2) is 7.45. The molecule has 1 saturated heterocycles. The molecule has 0 aromatic heterocycles. The number of hydrogen-bond donors (Lipinski definition) is 1. The van der Waals surface area contributed by atoms with Gasteiger partial charge in [-0.3, -0.25) is 9.59 Å². The van der Waals surface area contributed by atoms with Gasteiger partial charge in [0.2, 0.25) is 5.91 Å². The summed E-state index contributed by atoms with van der Waals surface area (Å²) in [6, 6.07) is 12.9. The van der Waals surface area contributed by atoms with Crippen molar-refractivity contribution in [2.75, 3.05) is 24.6 Å². The highest BCUT2D eigenvalue weighted by Gasteiger charge is 2.29. The first-order chi connectivity index (χ1) is 12.4. The van der Waals surface area contributed by atoms with E-state index in [1.54, 1.807) is 6.07 Å². The molecule has 1 fully saturated rings. The Kier molecular flexibility index (Phi) is 5.27. The molecule has 26 heavy (non-hydrogen) atoms. The summed E-state index contributed by atoms with van der Waals surface area (Å²) in [4.78, 5) is 26.4. The van der Waals surface area contributed by atoms with Crippen molar-refractivity contribution in [2.45, 2.75) is 19.4 Å². The van der Waals surface area contributed by atoms with E-state index < -0.39 is 9.84 Å². The van der Waals surface area contributed by atoms with E-state index in [1.807, 2.05) is 43.3 Å². The third kappa shape index (κ3) is 4.22. The molecule has 2 amide bonds. The Bertz CT molecular complexity index is 939. The SMILES string of the molecule is CCN(CC(=O)N[C@H]1CCS(=O)(=O)C1)C(=O)c1ccc2ccccc2c1. The van der Waals surface area contributed by atoms with Gasteiger partial charge in [-0.25, -0.2) is 8.42 Å². The van der Waals surface area contributed by atoms with Crippen molar-refractivity contribution < 1.29 is 18.0 Å². The second-order valence-corrected chi connectivity index (χ2v) is 8.78. The van der Waals surface area contributed by atoms with Gasteiger partial charge in [0.1, 0.15) is 0 Å². The van der Waals surface area contributed by atoms with Gasteiger partial charge in [0, 0.05) is 18.2 Å². The van der Waals surface area contributed by atoms with Crippen molar-refractivity contribution in [2.24, 2.45) is 0 Å². The Labute approximate surface area is 153 Å². The van der Waals surface area contributed by atoms with Crippen LogP contribution in [-0.4, -0.2) is 55.8 Å². The van der Waals surface area contributed by atoms with Crippen LogP contribution in [0, 0.1) is 0 Å². The number of sulfone groups is 1. The van der Waals surface area contributed by atoms with Crippen molar-refractivity contribution in [3.63, 3.8) is 0 Å². The van der Waals surface area contributed by atoms with E-state index in [0.717, 1.165) is 10.8 Å². The van der Waals surface area contributed by atoms with Crippen LogP contribution in [0.4, 0.5) is 0 Å². The van der Waals surface area contributed by atoms with Crippen LogP contribution < -0.4 is 5.32 Å². The number of hydrogen-bond acceptors (Lipinski definition) is 4. The Balaban J connectivity index is 1.67. The zero-order chi connectivity index (χ0) is 18.7. The summed E-state index contributed by atoms with van der Waals surface area (Å²) in [5, 5.41) is 4.74. The zero-order valence-electron chi connectivity index (χ0n) is 14.6. The summed E-state index contributed by atoms with van der Waals surface area (Å²) in [7, 11) is -3.05. The van der Waals surface area contributed by atoms with Crippen molar-refractivity contribution in [3.8, 4) is 0 Å². The van der Waals surface area contributed by atoms with Gasteiger partial charge in [-0.15, -0.1) is 0 Å². The molecule has 2 aromatic carbocycles. The van der Waals surface area contributed by atoms with Crippen molar-refractivity contribution in [3.05, 3.63) is 48.0 Å². The smallest absolute Gasteiger partial charge is 0.254 e. The predicted molar refractivity (Wildman–Crippen MR) is 101 cm³/mol. The lowest BCUT2D eigenvalue weighted by atomic mass is 10.1. The number of rotatable bonds is 5. The number of carbonyl (C=O) groups is 2. The van der Waals surface area contributed by atoms with Crippen LogP contribution in [-0.2, 0) is 14.6 Å². The van der Waals surface area contributed by atoms with Gasteiger partial charge in [0.15, 0.2) is 9.84 Å². The average molecular weight is 374 g/mol. The Hall–Kier alpha value is -2.41. The van der Waals surface area contributed by atoms with Crippen LogP contribution in [0.3, 0.4) is 0 Å². The first-order valence-electron chi connectivity index (χ1n) is 8.66. The lowest BCUT2D eigenvalue weighted by Crippen LogP contribution is -2.44. The molecule has 0 aliphatic carbocycles. The third-order valence-electron chi connectivity index (χ3n) is 4.60. The minimum absolute atomic E-state index is 0.0243. The van der Waals surface area contributed by atoms with E-state index in [2.05, 4.69) is 5.32 Å². The molecular formula is C19H22N2O4S. The number of nitrogens with zero attached hydrogens (tertiary/aromatic N) is 1. The van der Waals surface area contributed by atoms with Gasteiger partial charge in [0.05, 0.1) is 18.1 Å². The third-order valence-corrected chi connectivity index (χ3v) is 6.37. The van der Waals surface area contributed by atoms with Gasteiger partial charge in [0.25, 0.3) is 5.91 Å². The normalized spacial score (nSPS) is 18.6. The molecule has 1 aliphatic heterocycles. The summed E-state index contributed by atoms with van der Waals surface area (Å²) < 4.78 is 23.0. The van der Waals surface area contributed by atoms with E-state index >= 15 is 0 Å². The fraction of sp³-hybridized carbons (Fsp3) is 0.368. The highest BCUT2D eigenvalue weighted by Crippen LogP contribution is 2.17. The largest absolute Gasteiger partial charge is 0.351 e. The van der Waals surface area contributed by atoms with Crippen LogP contribution in [0.1, 0.15) is 23.7 Å². The summed E-state index contributed by atoms with van der Waals surface area (Å²) >= 11 is 0. The monoisotopic (exact) mass is 374 g/mol. The molecule has 0 saturated carbocycles. The van der Waals surface area contributed by atoms with Gasteiger partial charge in [-0.1, -0.05) is 30.3 Å². The second-order valence-electron chi connectivity index (χ2n) is 6.55. The van der Waals surface area contributed by atoms with Crippen LogP contribution in [0.2, 0.25) is 0 Å². The Morgan fingerprint density at radius 2 is 1.88 bits per heavy atom. The van der Waals surface area contributed by atoms with E-state index in [0.29, 0.717) is 18.5 Å². The minimum atomic E-state index is -3.05. The summed E-state index contributed by atoms with van der Waals surface area (Å²) in [5.41, 5.74) is 0.529. The van der Waals surface area contributed by atoms with E-state index in [4.69, 9.17) is 0 Å². The summed E-state index contributed by atoms with van der Waals surface area (Å²) in [6.45, 7) is 2.12. The predicted octanol–water partition coefficient (Wildman–Crippen LogP) is 1.61. The molecule has 0 spiro atoms. The number of fused-ring (bicyclic) bond motifs is 1. The zero-order valence-corrected chi connectivity index (χ0v) is 15.5. The van der Waals surface area contributed by atoms with Gasteiger partial charge in [-0.2, -0.15) is 0 Å². The maximum Gasteiger partial charge on any atom is 0.254 e. The molecule has 0 bridgehead atoms. The van der Waals surface area contributed by atoms with Gasteiger partial charge in [-0.05, 0) is 36.2 Å². The number of carbonyl (C=O) groups excluding carboxylic acids is 2. The quantitative estimate of drug-likeness (QED) is 0.862. The molecule has 7 heteroatoms. The number of nitrogens with one attached hydrogen (secondary N) is 1. The van der Waals surface area contributed by atoms with Crippen molar-refractivity contribution in [1.82, 2.24) is 10.2 Å². The molecule has 1 aliphatic rings. The topological polar surface area (TPSA) is 83.6 Å². The molecule has 1 N–H and O–H groups in total. The lowest BCUT2D eigenvalue weighted by molar-refractivity contribution is -0.122. The molecular weight excluding hydrogens is 352 g/mol. The van der Waals surface area contributed by atoms with E-state index in [-0.39, 0.29) is 35.9 Å². The molecule has 1 heterocycles. The first-order valence-corrected chi connectivity index (χ1v) is 10.5. The van der Waals surface area contributed by atoms with Crippen LogP contribution in [0.25, 0.3) is 10.8 Å².